The summed E-state index contributed by atoms with van der Waals surface area (Å²) in [6.45, 7) is 6.71. The van der Waals surface area contributed by atoms with Crippen LogP contribution in [0.15, 0.2) is 28.7 Å². The Hall–Kier alpha value is -3.43. The highest BCUT2D eigenvalue weighted by molar-refractivity contribution is 6.28. The SMILES string of the molecule is C[C@@H]1CNc2c(oc3ccc4nc(Oc5nc(Cl)nc6c5COC6(C)C)ccc4c23)C(=O)N1. The fraction of sp³-hybridized carbons (Fsp3) is 0.304. The quantitative estimate of drug-likeness (QED) is 0.415. The minimum absolute atomic E-state index is 0.0152. The Morgan fingerprint density at radius 3 is 2.88 bits per heavy atom. The van der Waals surface area contributed by atoms with Gasteiger partial charge in [0.15, 0.2) is 0 Å². The number of fused-ring (bicyclic) bond motifs is 6. The number of carbonyl (C=O) groups excluding carboxylic acids is 1. The van der Waals surface area contributed by atoms with Crippen LogP contribution in [0.5, 0.6) is 11.8 Å². The lowest BCUT2D eigenvalue weighted by atomic mass is 10.0. The highest BCUT2D eigenvalue weighted by atomic mass is 35.5. The van der Waals surface area contributed by atoms with Crippen LogP contribution < -0.4 is 15.4 Å². The van der Waals surface area contributed by atoms with Crippen LogP contribution in [0.2, 0.25) is 5.28 Å². The van der Waals surface area contributed by atoms with E-state index in [1.807, 2.05) is 32.9 Å². The number of aromatic nitrogens is 3. The number of hydrogen-bond acceptors (Lipinski definition) is 8. The lowest BCUT2D eigenvalue weighted by Gasteiger charge is -2.17. The number of furan rings is 1. The van der Waals surface area contributed by atoms with E-state index >= 15 is 0 Å². The summed E-state index contributed by atoms with van der Waals surface area (Å²) in [5.41, 5.74) is 2.87. The number of benzene rings is 1. The van der Waals surface area contributed by atoms with Crippen LogP contribution >= 0.6 is 11.6 Å². The van der Waals surface area contributed by atoms with E-state index in [2.05, 4.69) is 25.6 Å². The Labute approximate surface area is 193 Å². The van der Waals surface area contributed by atoms with Crippen LogP contribution in [-0.4, -0.2) is 33.4 Å². The maximum Gasteiger partial charge on any atom is 0.289 e. The topological polar surface area (TPSA) is 111 Å². The summed E-state index contributed by atoms with van der Waals surface area (Å²) < 4.78 is 17.7. The van der Waals surface area contributed by atoms with Crippen molar-refractivity contribution in [1.82, 2.24) is 20.3 Å². The van der Waals surface area contributed by atoms with Gasteiger partial charge in [-0.2, -0.15) is 4.98 Å². The summed E-state index contributed by atoms with van der Waals surface area (Å²) in [5.74, 6) is 0.723. The van der Waals surface area contributed by atoms with Gasteiger partial charge in [0.05, 0.1) is 34.5 Å². The molecule has 0 bridgehead atoms. The van der Waals surface area contributed by atoms with Crippen molar-refractivity contribution in [3.8, 4) is 11.8 Å². The molecule has 33 heavy (non-hydrogen) atoms. The predicted molar refractivity (Wildman–Crippen MR) is 122 cm³/mol. The van der Waals surface area contributed by atoms with Gasteiger partial charge < -0.3 is 24.5 Å². The first-order valence-corrected chi connectivity index (χ1v) is 11.0. The Kier molecular flexibility index (Phi) is 4.30. The van der Waals surface area contributed by atoms with Crippen molar-refractivity contribution in [2.45, 2.75) is 39.0 Å². The summed E-state index contributed by atoms with van der Waals surface area (Å²) >= 11 is 6.14. The van der Waals surface area contributed by atoms with E-state index in [0.29, 0.717) is 47.4 Å². The van der Waals surface area contributed by atoms with Gasteiger partial charge in [-0.1, -0.05) is 0 Å². The van der Waals surface area contributed by atoms with Gasteiger partial charge in [-0.15, -0.1) is 0 Å². The number of rotatable bonds is 2. The molecule has 9 nitrogen and oxygen atoms in total. The van der Waals surface area contributed by atoms with Crippen LogP contribution in [-0.2, 0) is 16.9 Å². The minimum atomic E-state index is -0.571. The molecule has 5 heterocycles. The maximum absolute atomic E-state index is 12.5. The first kappa shape index (κ1) is 20.2. The van der Waals surface area contributed by atoms with Gasteiger partial charge in [-0.3, -0.25) is 4.79 Å². The van der Waals surface area contributed by atoms with Crippen LogP contribution in [0.4, 0.5) is 5.69 Å². The molecule has 0 saturated heterocycles. The molecule has 1 atom stereocenters. The molecule has 3 aromatic heterocycles. The molecule has 6 rings (SSSR count). The van der Waals surface area contributed by atoms with E-state index in [9.17, 15) is 4.79 Å². The van der Waals surface area contributed by atoms with Crippen LogP contribution in [0.25, 0.3) is 21.9 Å². The van der Waals surface area contributed by atoms with Gasteiger partial charge in [0.2, 0.25) is 22.8 Å². The molecule has 2 aliphatic rings. The van der Waals surface area contributed by atoms with Crippen LogP contribution in [0.1, 0.15) is 42.6 Å². The molecule has 0 spiro atoms. The zero-order valence-electron chi connectivity index (χ0n) is 18.2. The number of halogens is 1. The monoisotopic (exact) mass is 465 g/mol. The molecular weight excluding hydrogens is 446 g/mol. The summed E-state index contributed by atoms with van der Waals surface area (Å²) in [6.07, 6.45) is 0. The Bertz CT molecular complexity index is 1460. The Morgan fingerprint density at radius 2 is 2.03 bits per heavy atom. The van der Waals surface area contributed by atoms with Crippen LogP contribution in [0.3, 0.4) is 0 Å². The molecule has 0 fully saturated rings. The Balaban J connectivity index is 1.44. The van der Waals surface area contributed by atoms with E-state index in [-0.39, 0.29) is 23.0 Å². The average Bonchev–Trinajstić information content (AvgIpc) is 3.25. The lowest BCUT2D eigenvalue weighted by Crippen LogP contribution is -2.34. The first-order chi connectivity index (χ1) is 15.8. The van der Waals surface area contributed by atoms with Crippen molar-refractivity contribution < 1.29 is 18.7 Å². The number of carbonyl (C=O) groups is 1. The van der Waals surface area contributed by atoms with Gasteiger partial charge in [-0.25, -0.2) is 9.97 Å². The summed E-state index contributed by atoms with van der Waals surface area (Å²) in [6, 6.07) is 7.27. The van der Waals surface area contributed by atoms with Gasteiger partial charge >= 0.3 is 0 Å². The first-order valence-electron chi connectivity index (χ1n) is 10.6. The van der Waals surface area contributed by atoms with Gasteiger partial charge in [0.1, 0.15) is 11.2 Å². The minimum Gasteiger partial charge on any atom is -0.449 e. The average molecular weight is 466 g/mol. The molecule has 4 aromatic rings. The Morgan fingerprint density at radius 1 is 1.18 bits per heavy atom. The third-order valence-corrected chi connectivity index (χ3v) is 6.13. The fourth-order valence-electron chi connectivity index (χ4n) is 4.33. The van der Waals surface area contributed by atoms with Crippen molar-refractivity contribution in [1.29, 1.82) is 0 Å². The highest BCUT2D eigenvalue weighted by Crippen LogP contribution is 2.41. The summed E-state index contributed by atoms with van der Waals surface area (Å²) in [7, 11) is 0. The van der Waals surface area contributed by atoms with Gasteiger partial charge in [0, 0.05) is 24.0 Å². The second kappa shape index (κ2) is 7.03. The maximum atomic E-state index is 12.5. The zero-order valence-corrected chi connectivity index (χ0v) is 18.9. The van der Waals surface area contributed by atoms with Gasteiger partial charge in [0.25, 0.3) is 5.91 Å². The molecular formula is C23H20ClN5O4. The van der Waals surface area contributed by atoms with E-state index in [1.54, 1.807) is 12.1 Å². The zero-order chi connectivity index (χ0) is 22.9. The fourth-order valence-corrected chi connectivity index (χ4v) is 4.49. The van der Waals surface area contributed by atoms with Crippen molar-refractivity contribution >= 4 is 45.1 Å². The lowest BCUT2D eigenvalue weighted by molar-refractivity contribution is -0.0102. The van der Waals surface area contributed by atoms with Crippen molar-refractivity contribution in [2.24, 2.45) is 0 Å². The molecule has 1 amide bonds. The molecule has 1 aromatic carbocycles. The van der Waals surface area contributed by atoms with E-state index < -0.39 is 5.60 Å². The van der Waals surface area contributed by atoms with Crippen molar-refractivity contribution in [3.63, 3.8) is 0 Å². The van der Waals surface area contributed by atoms with Crippen LogP contribution in [0, 0.1) is 0 Å². The van der Waals surface area contributed by atoms with E-state index in [0.717, 1.165) is 16.3 Å². The largest absolute Gasteiger partial charge is 0.449 e. The summed E-state index contributed by atoms with van der Waals surface area (Å²) in [5, 5.41) is 7.99. The normalized spacial score (nSPS) is 19.0. The highest BCUT2D eigenvalue weighted by Gasteiger charge is 2.36. The van der Waals surface area contributed by atoms with Gasteiger partial charge in [-0.05, 0) is 50.6 Å². The number of amides is 1. The molecule has 2 N–H and O–H groups in total. The number of hydrogen-bond donors (Lipinski definition) is 2. The third-order valence-electron chi connectivity index (χ3n) is 5.96. The summed E-state index contributed by atoms with van der Waals surface area (Å²) in [4.78, 5) is 25.8. The molecule has 2 aliphatic heterocycles. The van der Waals surface area contributed by atoms with E-state index in [1.165, 1.54) is 0 Å². The molecule has 10 heteroatoms. The molecule has 168 valence electrons. The molecule has 0 saturated carbocycles. The number of anilines is 1. The number of pyridine rings is 1. The standard InChI is InChI=1S/C23H20ClN5O4/c1-10-8-25-17-16-11-4-7-15(27-13(11)5-6-14(16)32-18(17)20(30)26-10)33-21-12-9-31-23(2,3)19(12)28-22(24)29-21/h4-7,10,25H,8-9H2,1-3H3,(H,26,30)/t10-/m1/s1. The number of nitrogens with one attached hydrogen (secondary N) is 2. The molecule has 0 radical (unpaired) electrons. The molecule has 0 unspecified atom stereocenters. The second-order valence-corrected chi connectivity index (χ2v) is 9.08. The second-order valence-electron chi connectivity index (χ2n) is 8.74. The smallest absolute Gasteiger partial charge is 0.289 e. The predicted octanol–water partition coefficient (Wildman–Crippen LogP) is 4.53. The number of ether oxygens (including phenoxy) is 2. The van der Waals surface area contributed by atoms with E-state index in [4.69, 9.17) is 25.5 Å². The van der Waals surface area contributed by atoms with Crippen molar-refractivity contribution in [2.75, 3.05) is 11.9 Å². The number of nitrogens with zero attached hydrogens (tertiary/aromatic N) is 3. The third kappa shape index (κ3) is 3.19. The van der Waals surface area contributed by atoms with Crippen molar-refractivity contribution in [3.05, 3.63) is 46.6 Å². The molecule has 0 aliphatic carbocycles.